The predicted octanol–water partition coefficient (Wildman–Crippen LogP) is 3.63. The van der Waals surface area contributed by atoms with Crippen LogP contribution in [-0.4, -0.2) is 9.55 Å². The molecule has 2 saturated carbocycles. The van der Waals surface area contributed by atoms with Crippen LogP contribution < -0.4 is 5.73 Å². The van der Waals surface area contributed by atoms with Crippen molar-refractivity contribution >= 4 is 28.6 Å². The van der Waals surface area contributed by atoms with Crippen molar-refractivity contribution in [1.29, 1.82) is 0 Å². The van der Waals surface area contributed by atoms with Crippen molar-refractivity contribution in [3.63, 3.8) is 0 Å². The molecule has 3 nitrogen and oxygen atoms in total. The molecular weight excluding hydrogens is 246 g/mol. The molecule has 0 spiro atoms. The van der Waals surface area contributed by atoms with Crippen LogP contribution in [0.15, 0.2) is 18.2 Å². The molecule has 94 valence electrons. The van der Waals surface area contributed by atoms with Gasteiger partial charge in [0.25, 0.3) is 0 Å². The second kappa shape index (κ2) is 3.64. The Morgan fingerprint density at radius 2 is 2.17 bits per heavy atom. The highest BCUT2D eigenvalue weighted by molar-refractivity contribution is 6.31. The van der Waals surface area contributed by atoms with Gasteiger partial charge in [-0.05, 0) is 49.3 Å². The maximum Gasteiger partial charge on any atom is 0.201 e. The molecule has 2 N–H and O–H groups in total. The summed E-state index contributed by atoms with van der Waals surface area (Å²) in [5.41, 5.74) is 8.18. The second-order valence-corrected chi connectivity index (χ2v) is 6.15. The molecule has 0 radical (unpaired) electrons. The number of halogens is 1. The maximum atomic E-state index is 6.12. The summed E-state index contributed by atoms with van der Waals surface area (Å²) < 4.78 is 2.25. The van der Waals surface area contributed by atoms with E-state index in [0.29, 0.717) is 12.0 Å². The lowest BCUT2D eigenvalue weighted by atomic mass is 9.95. The van der Waals surface area contributed by atoms with Crippen molar-refractivity contribution in [2.45, 2.75) is 31.7 Å². The minimum absolute atomic E-state index is 0.551. The third-order valence-electron chi connectivity index (χ3n) is 4.71. The molecule has 2 aromatic rings. The van der Waals surface area contributed by atoms with E-state index in [1.807, 2.05) is 18.2 Å². The van der Waals surface area contributed by atoms with E-state index in [2.05, 4.69) is 9.55 Å². The lowest BCUT2D eigenvalue weighted by molar-refractivity contribution is 0.339. The van der Waals surface area contributed by atoms with Crippen molar-refractivity contribution in [1.82, 2.24) is 9.55 Å². The van der Waals surface area contributed by atoms with Gasteiger partial charge < -0.3 is 10.3 Å². The van der Waals surface area contributed by atoms with E-state index >= 15 is 0 Å². The van der Waals surface area contributed by atoms with E-state index in [0.717, 1.165) is 27.9 Å². The van der Waals surface area contributed by atoms with E-state index < -0.39 is 0 Å². The largest absolute Gasteiger partial charge is 0.369 e. The van der Waals surface area contributed by atoms with Crippen LogP contribution in [0, 0.1) is 11.8 Å². The molecule has 0 aliphatic heterocycles. The van der Waals surface area contributed by atoms with Gasteiger partial charge in [0.1, 0.15) is 0 Å². The number of nitrogens with two attached hydrogens (primary N) is 1. The molecule has 4 heteroatoms. The zero-order valence-electron chi connectivity index (χ0n) is 10.1. The highest BCUT2D eigenvalue weighted by Crippen LogP contribution is 2.52. The molecule has 1 heterocycles. The van der Waals surface area contributed by atoms with E-state index in [1.165, 1.54) is 25.7 Å². The van der Waals surface area contributed by atoms with Crippen LogP contribution in [0.5, 0.6) is 0 Å². The van der Waals surface area contributed by atoms with Gasteiger partial charge in [0.15, 0.2) is 0 Å². The molecule has 4 rings (SSSR count). The highest BCUT2D eigenvalue weighted by atomic mass is 35.5. The molecule has 2 aliphatic rings. The van der Waals surface area contributed by atoms with Gasteiger partial charge in [0.2, 0.25) is 5.95 Å². The fourth-order valence-electron chi connectivity index (χ4n) is 3.97. The average Bonchev–Trinajstić information content (AvgIpc) is 3.00. The van der Waals surface area contributed by atoms with Crippen LogP contribution in [0.3, 0.4) is 0 Å². The maximum absolute atomic E-state index is 6.12. The number of nitrogens with zero attached hydrogens (tertiary/aromatic N) is 2. The number of nitrogen functional groups attached to an aromatic ring is 1. The summed E-state index contributed by atoms with van der Waals surface area (Å²) in [5.74, 6) is 2.35. The summed E-state index contributed by atoms with van der Waals surface area (Å²) in [6.07, 6.45) is 5.39. The lowest BCUT2D eigenvalue weighted by Gasteiger charge is -2.24. The van der Waals surface area contributed by atoms with Gasteiger partial charge in [0.05, 0.1) is 11.0 Å². The van der Waals surface area contributed by atoms with E-state index in [4.69, 9.17) is 17.3 Å². The Morgan fingerprint density at radius 1 is 1.28 bits per heavy atom. The number of aromatic nitrogens is 2. The van der Waals surface area contributed by atoms with Crippen molar-refractivity contribution in [3.8, 4) is 0 Å². The van der Waals surface area contributed by atoms with E-state index in [1.54, 1.807) is 0 Å². The fourth-order valence-corrected chi connectivity index (χ4v) is 4.13. The Morgan fingerprint density at radius 3 is 2.89 bits per heavy atom. The zero-order valence-corrected chi connectivity index (χ0v) is 10.9. The molecule has 3 unspecified atom stereocenters. The topological polar surface area (TPSA) is 43.8 Å². The van der Waals surface area contributed by atoms with Crippen LogP contribution in [0.4, 0.5) is 5.95 Å². The normalized spacial score (nSPS) is 30.4. The number of fused-ring (bicyclic) bond motifs is 3. The monoisotopic (exact) mass is 261 g/mol. The first-order chi connectivity index (χ1) is 8.72. The molecule has 3 atom stereocenters. The minimum Gasteiger partial charge on any atom is -0.369 e. The van der Waals surface area contributed by atoms with Crippen molar-refractivity contribution in [2.75, 3.05) is 5.73 Å². The van der Waals surface area contributed by atoms with E-state index in [-0.39, 0.29) is 0 Å². The van der Waals surface area contributed by atoms with Gasteiger partial charge in [-0.15, -0.1) is 0 Å². The Balaban J connectivity index is 1.87. The molecule has 2 bridgehead atoms. The van der Waals surface area contributed by atoms with Crippen LogP contribution in [0.1, 0.15) is 31.7 Å². The third-order valence-corrected chi connectivity index (χ3v) is 4.95. The first-order valence-corrected chi connectivity index (χ1v) is 7.03. The molecule has 18 heavy (non-hydrogen) atoms. The standard InChI is InChI=1S/C14H16ClN3/c15-10-3-4-12-11(7-10)17-14(16)18(12)13-6-8-1-2-9(13)5-8/h3-4,7-9,13H,1-2,5-6H2,(H2,16,17). The van der Waals surface area contributed by atoms with Crippen molar-refractivity contribution in [3.05, 3.63) is 23.2 Å². The molecule has 0 amide bonds. The molecule has 1 aromatic carbocycles. The number of hydrogen-bond donors (Lipinski definition) is 1. The summed E-state index contributed by atoms with van der Waals surface area (Å²) in [7, 11) is 0. The van der Waals surface area contributed by atoms with Crippen molar-refractivity contribution < 1.29 is 0 Å². The smallest absolute Gasteiger partial charge is 0.201 e. The second-order valence-electron chi connectivity index (χ2n) is 5.72. The quantitative estimate of drug-likeness (QED) is 0.852. The van der Waals surface area contributed by atoms with Gasteiger partial charge >= 0.3 is 0 Å². The Labute approximate surface area is 111 Å². The molecule has 2 fully saturated rings. The van der Waals surface area contributed by atoms with Crippen LogP contribution in [-0.2, 0) is 0 Å². The molecule has 1 aromatic heterocycles. The van der Waals surface area contributed by atoms with Gasteiger partial charge in [-0.3, -0.25) is 0 Å². The Bertz CT molecular complexity index is 619. The van der Waals surface area contributed by atoms with Crippen LogP contribution >= 0.6 is 11.6 Å². The summed E-state index contributed by atoms with van der Waals surface area (Å²) in [5, 5.41) is 0.722. The Hall–Kier alpha value is -1.22. The lowest BCUT2D eigenvalue weighted by Crippen LogP contribution is -2.17. The number of benzene rings is 1. The average molecular weight is 262 g/mol. The highest BCUT2D eigenvalue weighted by Gasteiger charge is 2.41. The van der Waals surface area contributed by atoms with E-state index in [9.17, 15) is 0 Å². The Kier molecular flexibility index (Phi) is 2.16. The summed E-state index contributed by atoms with van der Waals surface area (Å²) in [6.45, 7) is 0. The van der Waals surface area contributed by atoms with Crippen LogP contribution in [0.25, 0.3) is 11.0 Å². The van der Waals surface area contributed by atoms with Gasteiger partial charge in [-0.1, -0.05) is 18.0 Å². The summed E-state index contributed by atoms with van der Waals surface area (Å²) >= 11 is 6.01. The van der Waals surface area contributed by atoms with Gasteiger partial charge in [-0.25, -0.2) is 4.98 Å². The number of hydrogen-bond acceptors (Lipinski definition) is 2. The SMILES string of the molecule is Nc1nc2cc(Cl)ccc2n1C1CC2CCC1C2. The van der Waals surface area contributed by atoms with Crippen LogP contribution in [0.2, 0.25) is 5.02 Å². The minimum atomic E-state index is 0.551. The first kappa shape index (κ1) is 10.7. The molecule has 2 aliphatic carbocycles. The van der Waals surface area contributed by atoms with Gasteiger partial charge in [-0.2, -0.15) is 0 Å². The molecular formula is C14H16ClN3. The van der Waals surface area contributed by atoms with Crippen molar-refractivity contribution in [2.24, 2.45) is 11.8 Å². The third kappa shape index (κ3) is 1.40. The fraction of sp³-hybridized carbons (Fsp3) is 0.500. The number of rotatable bonds is 1. The zero-order chi connectivity index (χ0) is 12.3. The summed E-state index contributed by atoms with van der Waals surface area (Å²) in [4.78, 5) is 4.46. The number of anilines is 1. The number of imidazole rings is 1. The predicted molar refractivity (Wildman–Crippen MR) is 73.6 cm³/mol. The first-order valence-electron chi connectivity index (χ1n) is 6.65. The van der Waals surface area contributed by atoms with Gasteiger partial charge in [0, 0.05) is 11.1 Å². The molecule has 0 saturated heterocycles. The summed E-state index contributed by atoms with van der Waals surface area (Å²) in [6, 6.07) is 6.42.